The fourth-order valence-electron chi connectivity index (χ4n) is 3.85. The Labute approximate surface area is 219 Å². The molecule has 0 saturated carbocycles. The van der Waals surface area contributed by atoms with Crippen molar-refractivity contribution in [2.24, 2.45) is 0 Å². The summed E-state index contributed by atoms with van der Waals surface area (Å²) in [5.74, 6) is 0.162. The van der Waals surface area contributed by atoms with Crippen molar-refractivity contribution in [3.8, 4) is 0 Å². The first-order valence-corrected chi connectivity index (χ1v) is 13.1. The van der Waals surface area contributed by atoms with Crippen molar-refractivity contribution in [2.45, 2.75) is 57.4 Å². The second kappa shape index (κ2) is 11.5. The molecular formula is C27H31N5O4S. The molecular weight excluding hydrogens is 490 g/mol. The van der Waals surface area contributed by atoms with Crippen LogP contribution >= 0.6 is 11.8 Å². The number of rotatable bonds is 9. The minimum Gasteiger partial charge on any atom is -0.444 e. The zero-order chi connectivity index (χ0) is 26.4. The van der Waals surface area contributed by atoms with Crippen LogP contribution in [0, 0.1) is 0 Å². The molecule has 2 heterocycles. The highest BCUT2D eigenvalue weighted by Crippen LogP contribution is 2.27. The largest absolute Gasteiger partial charge is 0.444 e. The summed E-state index contributed by atoms with van der Waals surface area (Å²) in [5, 5.41) is 15.3. The summed E-state index contributed by atoms with van der Waals surface area (Å²) in [5.41, 5.74) is 3.18. The van der Waals surface area contributed by atoms with Crippen LogP contribution in [0.1, 0.15) is 50.8 Å². The molecule has 0 saturated heterocycles. The Morgan fingerprint density at radius 3 is 2.62 bits per heavy atom. The lowest BCUT2D eigenvalue weighted by Crippen LogP contribution is -2.36. The van der Waals surface area contributed by atoms with E-state index in [2.05, 4.69) is 25.8 Å². The van der Waals surface area contributed by atoms with Crippen LogP contribution < -0.4 is 10.6 Å². The van der Waals surface area contributed by atoms with Gasteiger partial charge >= 0.3 is 6.09 Å². The smallest absolute Gasteiger partial charge is 0.408 e. The van der Waals surface area contributed by atoms with Crippen LogP contribution in [0.2, 0.25) is 0 Å². The van der Waals surface area contributed by atoms with Gasteiger partial charge in [0.25, 0.3) is 5.22 Å². The number of aromatic amines is 1. The van der Waals surface area contributed by atoms with Crippen LogP contribution in [0.15, 0.2) is 64.4 Å². The molecule has 4 aromatic rings. The zero-order valence-corrected chi connectivity index (χ0v) is 22.1. The van der Waals surface area contributed by atoms with Crippen LogP contribution in [0.3, 0.4) is 0 Å². The summed E-state index contributed by atoms with van der Waals surface area (Å²) >= 11 is 1.14. The SMILES string of the molecule is CCc1ccccc1NC(=O)CSc1nnc(C(Cc2c[nH]c3ccccc23)NC(=O)OC(C)(C)C)o1. The Bertz CT molecular complexity index is 1370. The molecule has 10 heteroatoms. The first-order chi connectivity index (χ1) is 17.7. The third-order valence-corrected chi connectivity index (χ3v) is 6.33. The van der Waals surface area contributed by atoms with Crippen LogP contribution in [-0.4, -0.2) is 38.5 Å². The number of amides is 2. The summed E-state index contributed by atoms with van der Waals surface area (Å²) in [6.07, 6.45) is 2.54. The number of aromatic nitrogens is 3. The lowest BCUT2D eigenvalue weighted by Gasteiger charge is -2.22. The third-order valence-electron chi connectivity index (χ3n) is 5.51. The lowest BCUT2D eigenvalue weighted by molar-refractivity contribution is -0.113. The molecule has 0 fully saturated rings. The molecule has 9 nitrogen and oxygen atoms in total. The van der Waals surface area contributed by atoms with E-state index in [9.17, 15) is 9.59 Å². The van der Waals surface area contributed by atoms with Crippen molar-refractivity contribution in [1.82, 2.24) is 20.5 Å². The van der Waals surface area contributed by atoms with Gasteiger partial charge in [0.05, 0.1) is 5.75 Å². The fraction of sp³-hybridized carbons (Fsp3) is 0.333. The number of nitrogens with one attached hydrogen (secondary N) is 3. The summed E-state index contributed by atoms with van der Waals surface area (Å²) < 4.78 is 11.3. The number of anilines is 1. The highest BCUT2D eigenvalue weighted by molar-refractivity contribution is 7.99. The predicted octanol–water partition coefficient (Wildman–Crippen LogP) is 5.65. The van der Waals surface area contributed by atoms with E-state index in [0.29, 0.717) is 6.42 Å². The molecule has 1 unspecified atom stereocenters. The van der Waals surface area contributed by atoms with E-state index >= 15 is 0 Å². The zero-order valence-electron chi connectivity index (χ0n) is 21.3. The van der Waals surface area contributed by atoms with E-state index in [4.69, 9.17) is 9.15 Å². The fourth-order valence-corrected chi connectivity index (χ4v) is 4.42. The monoisotopic (exact) mass is 521 g/mol. The average Bonchev–Trinajstić information content (AvgIpc) is 3.49. The van der Waals surface area contributed by atoms with Crippen LogP contribution in [0.5, 0.6) is 0 Å². The topological polar surface area (TPSA) is 122 Å². The normalized spacial score (nSPS) is 12.3. The third kappa shape index (κ3) is 7.13. The average molecular weight is 522 g/mol. The molecule has 2 amide bonds. The molecule has 2 aromatic heterocycles. The Balaban J connectivity index is 1.46. The van der Waals surface area contributed by atoms with Gasteiger partial charge in [-0.1, -0.05) is 55.1 Å². The van der Waals surface area contributed by atoms with Crippen molar-refractivity contribution in [1.29, 1.82) is 0 Å². The Hall–Kier alpha value is -3.79. The molecule has 0 aliphatic carbocycles. The summed E-state index contributed by atoms with van der Waals surface area (Å²) in [7, 11) is 0. The molecule has 0 aliphatic heterocycles. The maximum atomic E-state index is 12.6. The number of aryl methyl sites for hydroxylation is 1. The van der Waals surface area contributed by atoms with Crippen molar-refractivity contribution < 1.29 is 18.7 Å². The molecule has 2 aromatic carbocycles. The Morgan fingerprint density at radius 2 is 1.84 bits per heavy atom. The van der Waals surface area contributed by atoms with Crippen LogP contribution in [-0.2, 0) is 22.4 Å². The van der Waals surface area contributed by atoms with Crippen molar-refractivity contribution in [2.75, 3.05) is 11.1 Å². The molecule has 37 heavy (non-hydrogen) atoms. The molecule has 4 rings (SSSR count). The minimum atomic E-state index is -0.658. The number of hydrogen-bond donors (Lipinski definition) is 3. The Kier molecular flexibility index (Phi) is 8.17. The summed E-state index contributed by atoms with van der Waals surface area (Å²) in [6.45, 7) is 7.43. The van der Waals surface area contributed by atoms with Gasteiger partial charge in [0.2, 0.25) is 11.8 Å². The van der Waals surface area contributed by atoms with E-state index in [1.807, 2.05) is 61.7 Å². The number of thioether (sulfide) groups is 1. The van der Waals surface area contributed by atoms with Crippen molar-refractivity contribution in [3.05, 3.63) is 71.7 Å². The number of alkyl carbamates (subject to hydrolysis) is 1. The van der Waals surface area contributed by atoms with E-state index in [-0.39, 0.29) is 22.8 Å². The molecule has 3 N–H and O–H groups in total. The van der Waals surface area contributed by atoms with Gasteiger partial charge < -0.3 is 24.8 Å². The first kappa shape index (κ1) is 26.3. The predicted molar refractivity (Wildman–Crippen MR) is 144 cm³/mol. The number of nitrogens with zero attached hydrogens (tertiary/aromatic N) is 2. The highest BCUT2D eigenvalue weighted by Gasteiger charge is 2.26. The number of para-hydroxylation sites is 2. The number of hydrogen-bond acceptors (Lipinski definition) is 7. The molecule has 0 spiro atoms. The molecule has 0 radical (unpaired) electrons. The molecule has 1 atom stereocenters. The summed E-state index contributed by atoms with van der Waals surface area (Å²) in [4.78, 5) is 28.3. The number of benzene rings is 2. The van der Waals surface area contributed by atoms with E-state index < -0.39 is 17.7 Å². The maximum Gasteiger partial charge on any atom is 0.408 e. The van der Waals surface area contributed by atoms with Crippen molar-refractivity contribution in [3.63, 3.8) is 0 Å². The number of H-pyrrole nitrogens is 1. The van der Waals surface area contributed by atoms with Crippen molar-refractivity contribution >= 4 is 40.4 Å². The molecule has 194 valence electrons. The summed E-state index contributed by atoms with van der Waals surface area (Å²) in [6, 6.07) is 15.0. The van der Waals surface area contributed by atoms with Gasteiger partial charge in [-0.15, -0.1) is 10.2 Å². The number of fused-ring (bicyclic) bond motifs is 1. The van der Waals surface area contributed by atoms with Gasteiger partial charge in [-0.25, -0.2) is 4.79 Å². The second-order valence-corrected chi connectivity index (χ2v) is 10.4. The van der Waals surface area contributed by atoms with Gasteiger partial charge in [0.1, 0.15) is 11.6 Å². The minimum absolute atomic E-state index is 0.103. The Morgan fingerprint density at radius 1 is 1.08 bits per heavy atom. The highest BCUT2D eigenvalue weighted by atomic mass is 32.2. The number of carbonyl (C=O) groups is 2. The number of ether oxygens (including phenoxy) is 1. The van der Waals surface area contributed by atoms with Crippen LogP contribution in [0.4, 0.5) is 10.5 Å². The molecule has 0 aliphatic rings. The lowest BCUT2D eigenvalue weighted by atomic mass is 10.1. The van der Waals surface area contributed by atoms with Gasteiger partial charge in [-0.2, -0.15) is 0 Å². The first-order valence-electron chi connectivity index (χ1n) is 12.1. The standard InChI is InChI=1S/C27H31N5O4S/c1-5-17-10-6-8-12-20(17)29-23(33)16-37-26-32-31-24(35-26)22(30-25(34)36-27(2,3)4)14-18-15-28-21-13-9-7-11-19(18)21/h6-13,15,22,28H,5,14,16H2,1-4H3,(H,29,33)(H,30,34). The maximum absolute atomic E-state index is 12.6. The van der Waals surface area contributed by atoms with Gasteiger partial charge in [-0.3, -0.25) is 4.79 Å². The molecule has 0 bridgehead atoms. The van der Waals surface area contributed by atoms with Gasteiger partial charge in [-0.05, 0) is 50.5 Å². The van der Waals surface area contributed by atoms with E-state index in [0.717, 1.165) is 45.9 Å². The van der Waals surface area contributed by atoms with Crippen LogP contribution in [0.25, 0.3) is 10.9 Å². The van der Waals surface area contributed by atoms with E-state index in [1.165, 1.54) is 0 Å². The second-order valence-electron chi connectivity index (χ2n) is 9.52. The quantitative estimate of drug-likeness (QED) is 0.243. The van der Waals surface area contributed by atoms with Gasteiger partial charge in [0, 0.05) is 29.2 Å². The van der Waals surface area contributed by atoms with Gasteiger partial charge in [0.15, 0.2) is 0 Å². The van der Waals surface area contributed by atoms with E-state index in [1.54, 1.807) is 20.8 Å². The number of carbonyl (C=O) groups excluding carboxylic acids is 2.